The number of ether oxygens (including phenoxy) is 4. The zero-order valence-electron chi connectivity index (χ0n) is 39.7. The Balaban J connectivity index is 1.31. The Kier molecular flexibility index (Phi) is 18.1. The smallest absolute Gasteiger partial charge is 0.461 e. The van der Waals surface area contributed by atoms with Gasteiger partial charge < -0.3 is 55.7 Å². The SMILES string of the molecule is C=CCOC(=O)C1(C(=O)NC(CCCNC(N)=O)C(=O)Nc2ccc(C(OC(=O)O[C@@H]3C[C@@H](C(=O)N[C@@H](C)c4ccc(C#N)cc4)N(C(=O)OC(C)(C)C)C3)C(=O)N3CCN(C)CC3)cc2)CCC1. The van der Waals surface area contributed by atoms with E-state index >= 15 is 0 Å². The van der Waals surface area contributed by atoms with Gasteiger partial charge in [-0.05, 0) is 90.3 Å². The van der Waals surface area contributed by atoms with Crippen molar-refractivity contribution < 1.29 is 57.3 Å². The largest absolute Gasteiger partial charge is 0.509 e. The first-order valence-corrected chi connectivity index (χ1v) is 22.9. The van der Waals surface area contributed by atoms with E-state index in [1.807, 2.05) is 11.9 Å². The molecule has 5 atom stereocenters. The van der Waals surface area contributed by atoms with Gasteiger partial charge in [-0.3, -0.25) is 28.9 Å². The summed E-state index contributed by atoms with van der Waals surface area (Å²) in [6.07, 6.45) is -1.93. The Morgan fingerprint density at radius 3 is 2.19 bits per heavy atom. The number of urea groups is 1. The van der Waals surface area contributed by atoms with Crippen molar-refractivity contribution in [3.63, 3.8) is 0 Å². The van der Waals surface area contributed by atoms with Crippen LogP contribution in [0.15, 0.2) is 61.2 Å². The molecule has 1 aliphatic carbocycles. The average molecular weight is 958 g/mol. The molecule has 3 aliphatic rings. The standard InChI is InChI=1S/C48H63N9O12/c1-7-26-66-43(62)48(19-9-20-48)42(61)54-36(10-8-21-51-44(50)63)39(58)53-34-17-15-33(16-18-34)38(41(60)56-24-22-55(6)23-25-56)68-46(65)67-35-27-37(57(29-35)45(64)69-47(3,4)5)40(59)52-30(2)32-13-11-31(28-49)12-14-32/h7,11-18,30,35-38H,1,8-10,19-27,29H2,2-6H3,(H,52,59)(H,53,58)(H,54,61)(H3,50,51,63)/t30-,35+,36?,37-,38?/m0/s1. The van der Waals surface area contributed by atoms with Gasteiger partial charge in [0, 0.05) is 50.4 Å². The second-order valence-corrected chi connectivity index (χ2v) is 18.4. The molecule has 21 nitrogen and oxygen atoms in total. The average Bonchev–Trinajstić information content (AvgIpc) is 3.72. The minimum atomic E-state index is -1.51. The van der Waals surface area contributed by atoms with E-state index in [2.05, 4.69) is 33.9 Å². The van der Waals surface area contributed by atoms with Crippen LogP contribution in [0.1, 0.15) is 95.1 Å². The highest BCUT2D eigenvalue weighted by atomic mass is 16.7. The van der Waals surface area contributed by atoms with E-state index in [9.17, 15) is 43.6 Å². The van der Waals surface area contributed by atoms with Crippen LogP contribution in [-0.2, 0) is 42.9 Å². The molecular formula is C48H63N9O12. The number of nitrogens with two attached hydrogens (primary N) is 1. The van der Waals surface area contributed by atoms with Gasteiger partial charge in [0.2, 0.25) is 23.8 Å². The first kappa shape index (κ1) is 52.8. The summed E-state index contributed by atoms with van der Waals surface area (Å²) in [5.41, 5.74) is 4.48. The summed E-state index contributed by atoms with van der Waals surface area (Å²) in [6.45, 7) is 12.0. The molecule has 2 unspecified atom stereocenters. The number of carbonyl (C=O) groups excluding carboxylic acids is 8. The summed E-state index contributed by atoms with van der Waals surface area (Å²) in [4.78, 5) is 111. The number of nitriles is 1. The first-order chi connectivity index (χ1) is 32.7. The lowest BCUT2D eigenvalue weighted by Gasteiger charge is -2.38. The number of likely N-dealkylation sites (N-methyl/N-ethyl adjacent to an activating group) is 1. The van der Waals surface area contributed by atoms with E-state index in [0.717, 1.165) is 0 Å². The van der Waals surface area contributed by atoms with Gasteiger partial charge in [0.15, 0.2) is 0 Å². The van der Waals surface area contributed by atoms with Crippen molar-refractivity contribution in [1.29, 1.82) is 5.26 Å². The van der Waals surface area contributed by atoms with Crippen LogP contribution in [0.3, 0.4) is 0 Å². The van der Waals surface area contributed by atoms with E-state index in [1.165, 1.54) is 35.2 Å². The molecule has 2 aromatic carbocycles. The second kappa shape index (κ2) is 23.7. The number of hydrogen-bond acceptors (Lipinski definition) is 14. The molecule has 2 saturated heterocycles. The predicted octanol–water partition coefficient (Wildman–Crippen LogP) is 3.55. The number of amides is 7. The highest BCUT2D eigenvalue weighted by Crippen LogP contribution is 2.42. The number of carbonyl (C=O) groups is 8. The van der Waals surface area contributed by atoms with Crippen LogP contribution in [0.2, 0.25) is 0 Å². The fourth-order valence-electron chi connectivity index (χ4n) is 7.99. The van der Waals surface area contributed by atoms with Gasteiger partial charge >= 0.3 is 24.2 Å². The Morgan fingerprint density at radius 2 is 1.61 bits per heavy atom. The summed E-state index contributed by atoms with van der Waals surface area (Å²) in [6, 6.07) is 11.1. The fourth-order valence-corrected chi connectivity index (χ4v) is 7.99. The Hall–Kier alpha value is -7.21. The lowest BCUT2D eigenvalue weighted by molar-refractivity contribution is -0.167. The maximum atomic E-state index is 14.1. The van der Waals surface area contributed by atoms with Crippen molar-refractivity contribution in [3.05, 3.63) is 77.9 Å². The molecule has 0 bridgehead atoms. The maximum absolute atomic E-state index is 14.1. The zero-order valence-corrected chi connectivity index (χ0v) is 39.7. The number of likely N-dealkylation sites (tertiary alicyclic amines) is 1. The van der Waals surface area contributed by atoms with Crippen LogP contribution in [0, 0.1) is 16.7 Å². The number of esters is 1. The van der Waals surface area contributed by atoms with Gasteiger partial charge in [-0.2, -0.15) is 5.26 Å². The number of hydrogen-bond donors (Lipinski definition) is 5. The van der Waals surface area contributed by atoms with E-state index in [4.69, 9.17) is 24.7 Å². The third-order valence-corrected chi connectivity index (χ3v) is 12.0. The molecule has 2 aliphatic heterocycles. The Morgan fingerprint density at radius 1 is 0.957 bits per heavy atom. The van der Waals surface area contributed by atoms with Crippen molar-refractivity contribution in [1.82, 2.24) is 30.7 Å². The van der Waals surface area contributed by atoms with Crippen molar-refractivity contribution in [3.8, 4) is 6.07 Å². The number of rotatable bonds is 18. The van der Waals surface area contributed by atoms with Crippen molar-refractivity contribution >= 4 is 53.6 Å². The monoisotopic (exact) mass is 957 g/mol. The van der Waals surface area contributed by atoms with Crippen LogP contribution >= 0.6 is 0 Å². The Bertz CT molecular complexity index is 2250. The Labute approximate surface area is 401 Å². The molecule has 0 radical (unpaired) electrons. The normalized spacial score (nSPS) is 18.9. The molecule has 69 heavy (non-hydrogen) atoms. The van der Waals surface area contributed by atoms with Gasteiger partial charge in [-0.25, -0.2) is 14.4 Å². The summed E-state index contributed by atoms with van der Waals surface area (Å²) < 4.78 is 22.3. The summed E-state index contributed by atoms with van der Waals surface area (Å²) in [5, 5.41) is 20.0. The van der Waals surface area contributed by atoms with Crippen molar-refractivity contribution in [2.45, 2.75) is 102 Å². The highest BCUT2D eigenvalue weighted by Gasteiger charge is 2.53. The van der Waals surface area contributed by atoms with Crippen LogP contribution in [0.25, 0.3) is 0 Å². The molecule has 0 spiro atoms. The van der Waals surface area contributed by atoms with E-state index in [-0.39, 0.29) is 63.1 Å². The van der Waals surface area contributed by atoms with Crippen molar-refractivity contribution in [2.24, 2.45) is 11.1 Å². The molecule has 7 amide bonds. The minimum absolute atomic E-state index is 0.0605. The molecular weight excluding hydrogens is 895 g/mol. The molecule has 21 heteroatoms. The third-order valence-electron chi connectivity index (χ3n) is 12.0. The van der Waals surface area contributed by atoms with Gasteiger partial charge in [0.25, 0.3) is 5.91 Å². The quantitative estimate of drug-likeness (QED) is 0.0470. The van der Waals surface area contributed by atoms with Crippen LogP contribution in [-0.4, -0.2) is 139 Å². The van der Waals surface area contributed by atoms with E-state index in [0.29, 0.717) is 43.7 Å². The van der Waals surface area contributed by atoms with E-state index < -0.39 is 89.2 Å². The lowest BCUT2D eigenvalue weighted by Crippen LogP contribution is -2.56. The molecule has 1 saturated carbocycles. The topological polar surface area (TPSA) is 281 Å². The maximum Gasteiger partial charge on any atom is 0.509 e. The van der Waals surface area contributed by atoms with Gasteiger partial charge in [0.05, 0.1) is 24.2 Å². The summed E-state index contributed by atoms with van der Waals surface area (Å²) in [7, 11) is 1.92. The number of benzene rings is 2. The number of nitrogens with one attached hydrogen (secondary N) is 4. The van der Waals surface area contributed by atoms with Gasteiger partial charge in [-0.1, -0.05) is 43.3 Å². The summed E-state index contributed by atoms with van der Waals surface area (Å²) >= 11 is 0. The van der Waals surface area contributed by atoms with Crippen molar-refractivity contribution in [2.75, 3.05) is 58.2 Å². The molecule has 3 fully saturated rings. The van der Waals surface area contributed by atoms with Crippen LogP contribution in [0.5, 0.6) is 0 Å². The number of piperazine rings is 1. The highest BCUT2D eigenvalue weighted by molar-refractivity contribution is 6.06. The van der Waals surface area contributed by atoms with Crippen LogP contribution in [0.4, 0.5) is 20.1 Å². The lowest BCUT2D eigenvalue weighted by atomic mass is 9.68. The number of nitrogens with zero attached hydrogens (tertiary/aromatic N) is 4. The molecule has 372 valence electrons. The third kappa shape index (κ3) is 14.4. The first-order valence-electron chi connectivity index (χ1n) is 22.9. The summed E-state index contributed by atoms with van der Waals surface area (Å²) in [5.74, 6) is -3.09. The van der Waals surface area contributed by atoms with E-state index in [1.54, 1.807) is 56.9 Å². The fraction of sp³-hybridized carbons (Fsp3) is 0.521. The van der Waals surface area contributed by atoms with Gasteiger partial charge in [-0.15, -0.1) is 0 Å². The molecule has 6 N–H and O–H groups in total. The number of primary amides is 1. The molecule has 2 heterocycles. The minimum Gasteiger partial charge on any atom is -0.461 e. The molecule has 0 aromatic heterocycles. The predicted molar refractivity (Wildman–Crippen MR) is 248 cm³/mol. The molecule has 5 rings (SSSR count). The molecule has 2 aromatic rings. The zero-order chi connectivity index (χ0) is 50.5. The van der Waals surface area contributed by atoms with Crippen LogP contribution < -0.4 is 27.0 Å². The van der Waals surface area contributed by atoms with Gasteiger partial charge in [0.1, 0.15) is 35.8 Å². The number of anilines is 1. The second-order valence-electron chi connectivity index (χ2n) is 18.4.